The van der Waals surface area contributed by atoms with E-state index in [-0.39, 0.29) is 17.4 Å². The normalized spacial score (nSPS) is 21.2. The molecular formula is C19H23N9O2. The molecule has 2 heterocycles. The van der Waals surface area contributed by atoms with E-state index < -0.39 is 18.1 Å². The van der Waals surface area contributed by atoms with Crippen molar-refractivity contribution in [3.8, 4) is 5.69 Å². The van der Waals surface area contributed by atoms with Crippen LogP contribution in [0.1, 0.15) is 29.6 Å². The fourth-order valence-corrected chi connectivity index (χ4v) is 3.46. The van der Waals surface area contributed by atoms with Crippen LogP contribution in [0.5, 0.6) is 0 Å². The van der Waals surface area contributed by atoms with Crippen molar-refractivity contribution in [2.45, 2.75) is 37.5 Å². The third-order valence-corrected chi connectivity index (χ3v) is 5.05. The Bertz CT molecular complexity index is 1020. The number of amides is 1. The van der Waals surface area contributed by atoms with Crippen molar-refractivity contribution in [2.75, 3.05) is 10.6 Å². The van der Waals surface area contributed by atoms with Crippen molar-refractivity contribution in [1.29, 1.82) is 0 Å². The first-order chi connectivity index (χ1) is 14.5. The van der Waals surface area contributed by atoms with Gasteiger partial charge in [-0.3, -0.25) is 4.79 Å². The van der Waals surface area contributed by atoms with Crippen LogP contribution in [0.4, 0.5) is 17.5 Å². The highest BCUT2D eigenvalue weighted by atomic mass is 16.3. The Kier molecular flexibility index (Phi) is 5.55. The zero-order chi connectivity index (χ0) is 21.1. The average Bonchev–Trinajstić information content (AvgIpc) is 3.27. The number of nitrogens with one attached hydrogen (secondary N) is 2. The third kappa shape index (κ3) is 4.21. The second kappa shape index (κ2) is 8.43. The van der Waals surface area contributed by atoms with Gasteiger partial charge in [-0.15, -0.1) is 0 Å². The summed E-state index contributed by atoms with van der Waals surface area (Å²) in [7, 11) is 0. The van der Waals surface area contributed by atoms with Crippen molar-refractivity contribution in [1.82, 2.24) is 25.0 Å². The lowest BCUT2D eigenvalue weighted by Gasteiger charge is -2.33. The topological polar surface area (TPSA) is 170 Å². The Morgan fingerprint density at radius 2 is 2.03 bits per heavy atom. The SMILES string of the molecule is NC(=O)c1cnc(NC2CCCC(O)C2N)nc1Nc1cccc(-n2nccn2)c1. The van der Waals surface area contributed by atoms with Gasteiger partial charge in [-0.05, 0) is 37.5 Å². The molecule has 0 spiro atoms. The van der Waals surface area contributed by atoms with Crippen molar-refractivity contribution < 1.29 is 9.90 Å². The Morgan fingerprint density at radius 1 is 1.23 bits per heavy atom. The molecule has 1 aliphatic carbocycles. The van der Waals surface area contributed by atoms with Crippen LogP contribution in [0.15, 0.2) is 42.9 Å². The number of carbonyl (C=O) groups excluding carboxylic acids is 1. The van der Waals surface area contributed by atoms with Crippen LogP contribution in [-0.2, 0) is 0 Å². The maximum Gasteiger partial charge on any atom is 0.254 e. The van der Waals surface area contributed by atoms with Crippen LogP contribution >= 0.6 is 0 Å². The second-order valence-corrected chi connectivity index (χ2v) is 7.14. The molecule has 1 amide bonds. The quantitative estimate of drug-likeness (QED) is 0.390. The average molecular weight is 409 g/mol. The molecule has 156 valence electrons. The van der Waals surface area contributed by atoms with Crippen LogP contribution in [0, 0.1) is 0 Å². The first kappa shape index (κ1) is 19.7. The minimum atomic E-state index is -0.654. The Hall–Kier alpha value is -3.57. The van der Waals surface area contributed by atoms with E-state index in [1.807, 2.05) is 24.3 Å². The van der Waals surface area contributed by atoms with Gasteiger partial charge in [-0.2, -0.15) is 20.0 Å². The molecule has 30 heavy (non-hydrogen) atoms. The van der Waals surface area contributed by atoms with Crippen molar-refractivity contribution in [3.05, 3.63) is 48.4 Å². The minimum Gasteiger partial charge on any atom is -0.391 e. The number of rotatable bonds is 6. The van der Waals surface area contributed by atoms with Gasteiger partial charge < -0.3 is 27.2 Å². The molecule has 2 aromatic heterocycles. The summed E-state index contributed by atoms with van der Waals surface area (Å²) in [6, 6.07) is 6.72. The highest BCUT2D eigenvalue weighted by Gasteiger charge is 2.29. The Morgan fingerprint density at radius 3 is 2.80 bits per heavy atom. The van der Waals surface area contributed by atoms with Crippen LogP contribution in [0.25, 0.3) is 5.69 Å². The molecule has 1 fully saturated rings. The molecule has 7 N–H and O–H groups in total. The maximum atomic E-state index is 11.9. The van der Waals surface area contributed by atoms with Gasteiger partial charge >= 0.3 is 0 Å². The molecule has 0 saturated heterocycles. The lowest BCUT2D eigenvalue weighted by atomic mass is 9.88. The summed E-state index contributed by atoms with van der Waals surface area (Å²) in [6.45, 7) is 0. The molecule has 1 saturated carbocycles. The highest BCUT2D eigenvalue weighted by molar-refractivity contribution is 5.98. The van der Waals surface area contributed by atoms with Crippen LogP contribution < -0.4 is 22.1 Å². The fraction of sp³-hybridized carbons (Fsp3) is 0.316. The summed E-state index contributed by atoms with van der Waals surface area (Å²) >= 11 is 0. The van der Waals surface area contributed by atoms with E-state index >= 15 is 0 Å². The van der Waals surface area contributed by atoms with Gasteiger partial charge in [-0.1, -0.05) is 6.07 Å². The summed E-state index contributed by atoms with van der Waals surface area (Å²) in [5.41, 5.74) is 13.1. The predicted molar refractivity (Wildman–Crippen MR) is 110 cm³/mol. The van der Waals surface area contributed by atoms with Crippen LogP contribution in [0.3, 0.4) is 0 Å². The number of aliphatic hydroxyl groups excluding tert-OH is 1. The number of primary amides is 1. The van der Waals surface area contributed by atoms with E-state index in [4.69, 9.17) is 11.5 Å². The van der Waals surface area contributed by atoms with Gasteiger partial charge in [0.2, 0.25) is 5.95 Å². The van der Waals surface area contributed by atoms with Crippen molar-refractivity contribution in [2.24, 2.45) is 11.5 Å². The third-order valence-electron chi connectivity index (χ3n) is 5.05. The van der Waals surface area contributed by atoms with Crippen molar-refractivity contribution in [3.63, 3.8) is 0 Å². The zero-order valence-corrected chi connectivity index (χ0v) is 16.1. The number of hydrogen-bond acceptors (Lipinski definition) is 9. The van der Waals surface area contributed by atoms with E-state index in [9.17, 15) is 9.90 Å². The molecule has 3 aromatic rings. The predicted octanol–water partition coefficient (Wildman–Crippen LogP) is 0.552. The molecule has 11 heteroatoms. The number of nitrogens with two attached hydrogens (primary N) is 2. The molecule has 4 rings (SSSR count). The highest BCUT2D eigenvalue weighted by Crippen LogP contribution is 2.24. The number of nitrogens with zero attached hydrogens (tertiary/aromatic N) is 5. The summed E-state index contributed by atoms with van der Waals surface area (Å²) in [5, 5.41) is 24.5. The number of aromatic nitrogens is 5. The maximum absolute atomic E-state index is 11.9. The smallest absolute Gasteiger partial charge is 0.254 e. The van der Waals surface area contributed by atoms with E-state index in [1.165, 1.54) is 11.0 Å². The summed E-state index contributed by atoms with van der Waals surface area (Å²) < 4.78 is 0. The monoisotopic (exact) mass is 409 g/mol. The first-order valence-corrected chi connectivity index (χ1v) is 9.62. The first-order valence-electron chi connectivity index (χ1n) is 9.62. The molecule has 0 aliphatic heterocycles. The van der Waals surface area contributed by atoms with E-state index in [0.717, 1.165) is 18.5 Å². The zero-order valence-electron chi connectivity index (χ0n) is 16.1. The van der Waals surface area contributed by atoms with Gasteiger partial charge in [0.05, 0.1) is 30.2 Å². The van der Waals surface area contributed by atoms with E-state index in [0.29, 0.717) is 18.1 Å². The van der Waals surface area contributed by atoms with Gasteiger partial charge in [0, 0.05) is 17.9 Å². The van der Waals surface area contributed by atoms with Gasteiger partial charge in [0.1, 0.15) is 11.4 Å². The summed E-state index contributed by atoms with van der Waals surface area (Å²) in [5.74, 6) is -0.101. The molecule has 11 nitrogen and oxygen atoms in total. The lowest BCUT2D eigenvalue weighted by Crippen LogP contribution is -2.51. The molecule has 1 aliphatic rings. The summed E-state index contributed by atoms with van der Waals surface area (Å²) in [4.78, 5) is 22.0. The molecular weight excluding hydrogens is 386 g/mol. The lowest BCUT2D eigenvalue weighted by molar-refractivity contribution is 0.1000. The molecule has 0 radical (unpaired) electrons. The number of anilines is 3. The number of benzene rings is 1. The summed E-state index contributed by atoms with van der Waals surface area (Å²) in [6.07, 6.45) is 6.28. The van der Waals surface area contributed by atoms with Crippen LogP contribution in [-0.4, -0.2) is 54.2 Å². The number of carbonyl (C=O) groups is 1. The van der Waals surface area contributed by atoms with Gasteiger partial charge in [0.25, 0.3) is 5.91 Å². The number of hydrogen-bond donors (Lipinski definition) is 5. The molecule has 1 aromatic carbocycles. The number of aliphatic hydroxyl groups is 1. The Balaban J connectivity index is 1.59. The molecule has 3 unspecified atom stereocenters. The largest absolute Gasteiger partial charge is 0.391 e. The Labute approximate surface area is 172 Å². The molecule has 3 atom stereocenters. The standard InChI is InChI=1S/C19H23N9O2/c20-16-14(5-2-6-15(16)29)26-19-22-10-13(17(21)30)18(27-19)25-11-3-1-4-12(9-11)28-23-7-8-24-28/h1,3-4,7-10,14-16,29H,2,5-6,20H2,(H2,21,30)(H2,22,25,26,27). The molecule has 0 bridgehead atoms. The minimum absolute atomic E-state index is 0.149. The van der Waals surface area contributed by atoms with Crippen molar-refractivity contribution >= 4 is 23.4 Å². The fourth-order valence-electron chi connectivity index (χ4n) is 3.46. The van der Waals surface area contributed by atoms with Gasteiger partial charge in [0.15, 0.2) is 0 Å². The van der Waals surface area contributed by atoms with Gasteiger partial charge in [-0.25, -0.2) is 4.98 Å². The second-order valence-electron chi connectivity index (χ2n) is 7.14. The van der Waals surface area contributed by atoms with E-state index in [1.54, 1.807) is 12.4 Å². The van der Waals surface area contributed by atoms with E-state index in [2.05, 4.69) is 30.8 Å². The van der Waals surface area contributed by atoms with Crippen LogP contribution in [0.2, 0.25) is 0 Å².